The van der Waals surface area contributed by atoms with Gasteiger partial charge < -0.3 is 19.9 Å². The Hall–Kier alpha value is -2.39. The second-order valence-electron chi connectivity index (χ2n) is 6.74. The van der Waals surface area contributed by atoms with Crippen molar-refractivity contribution in [2.45, 2.75) is 26.9 Å². The summed E-state index contributed by atoms with van der Waals surface area (Å²) in [5.74, 6) is 0.702. The molecule has 0 amide bonds. The van der Waals surface area contributed by atoms with E-state index >= 15 is 0 Å². The summed E-state index contributed by atoms with van der Waals surface area (Å²) in [6.45, 7) is 7.48. The summed E-state index contributed by atoms with van der Waals surface area (Å²) >= 11 is 0. The third kappa shape index (κ3) is 3.19. The fraction of sp³-hybridized carbons (Fsp3) is 0.588. The van der Waals surface area contributed by atoms with Crippen LogP contribution in [0.3, 0.4) is 0 Å². The highest BCUT2D eigenvalue weighted by atomic mass is 16.3. The minimum absolute atomic E-state index is 0.0295. The number of aliphatic hydroxyl groups is 1. The Morgan fingerprint density at radius 3 is 2.54 bits per heavy atom. The molecule has 1 aliphatic heterocycles. The molecule has 9 nitrogen and oxygen atoms in total. The van der Waals surface area contributed by atoms with Crippen LogP contribution in [0.2, 0.25) is 0 Å². The molecular weight excluding hydrogens is 336 g/mol. The summed E-state index contributed by atoms with van der Waals surface area (Å²) < 4.78 is 4.34. The summed E-state index contributed by atoms with van der Waals surface area (Å²) in [5.41, 5.74) is 1.04. The van der Waals surface area contributed by atoms with Crippen molar-refractivity contribution in [3.05, 3.63) is 32.5 Å². The predicted molar refractivity (Wildman–Crippen MR) is 101 cm³/mol. The van der Waals surface area contributed by atoms with E-state index in [-0.39, 0.29) is 13.2 Å². The standard InChI is InChI=1S/C17H26N6O3/c1-12(2)4-7-22-13-14(19-16(22)21-8-5-18-6-9-21)20(3)17(26)23(10-11-24)15(13)25/h4,18,24H,5-11H2,1-3H3. The van der Waals surface area contributed by atoms with Crippen molar-refractivity contribution in [3.63, 3.8) is 0 Å². The number of rotatable bonds is 5. The molecule has 9 heteroatoms. The number of anilines is 1. The number of nitrogens with zero attached hydrogens (tertiary/aromatic N) is 5. The van der Waals surface area contributed by atoms with E-state index in [0.29, 0.717) is 23.7 Å². The van der Waals surface area contributed by atoms with Gasteiger partial charge >= 0.3 is 5.69 Å². The van der Waals surface area contributed by atoms with Crippen LogP contribution in [0.4, 0.5) is 5.95 Å². The molecule has 0 unspecified atom stereocenters. The fourth-order valence-electron chi connectivity index (χ4n) is 3.21. The Morgan fingerprint density at radius 1 is 1.23 bits per heavy atom. The van der Waals surface area contributed by atoms with E-state index in [4.69, 9.17) is 0 Å². The predicted octanol–water partition coefficient (Wildman–Crippen LogP) is -0.735. The number of hydrogen-bond donors (Lipinski definition) is 2. The van der Waals surface area contributed by atoms with Gasteiger partial charge in [0, 0.05) is 39.8 Å². The first-order valence-electron chi connectivity index (χ1n) is 8.85. The normalized spacial score (nSPS) is 14.8. The van der Waals surface area contributed by atoms with Crippen LogP contribution in [0.25, 0.3) is 11.2 Å². The molecule has 1 aliphatic rings. The van der Waals surface area contributed by atoms with Gasteiger partial charge in [0.05, 0.1) is 13.2 Å². The lowest BCUT2D eigenvalue weighted by Crippen LogP contribution is -2.44. The van der Waals surface area contributed by atoms with E-state index in [2.05, 4.69) is 15.2 Å². The smallest absolute Gasteiger partial charge is 0.332 e. The fourth-order valence-corrected chi connectivity index (χ4v) is 3.21. The number of allylic oxidation sites excluding steroid dienone is 2. The van der Waals surface area contributed by atoms with Crippen LogP contribution in [-0.2, 0) is 20.1 Å². The lowest BCUT2D eigenvalue weighted by atomic mass is 10.3. The minimum Gasteiger partial charge on any atom is -0.395 e. The molecule has 3 rings (SSSR count). The van der Waals surface area contributed by atoms with E-state index in [0.717, 1.165) is 36.3 Å². The number of aliphatic hydroxyl groups excluding tert-OH is 1. The van der Waals surface area contributed by atoms with Crippen LogP contribution < -0.4 is 21.5 Å². The average Bonchev–Trinajstić information content (AvgIpc) is 3.02. The SMILES string of the molecule is CC(C)=CCn1c(N2CCNCC2)nc2c1c(=O)n(CCO)c(=O)n2C. The molecule has 0 aromatic carbocycles. The number of imidazole rings is 1. The van der Waals surface area contributed by atoms with E-state index in [1.54, 1.807) is 7.05 Å². The van der Waals surface area contributed by atoms with Crippen molar-refractivity contribution in [1.29, 1.82) is 0 Å². The van der Waals surface area contributed by atoms with Gasteiger partial charge in [-0.2, -0.15) is 4.98 Å². The molecule has 1 fully saturated rings. The van der Waals surface area contributed by atoms with Crippen molar-refractivity contribution in [2.75, 3.05) is 37.7 Å². The summed E-state index contributed by atoms with van der Waals surface area (Å²) in [6, 6.07) is 0. The Labute approximate surface area is 151 Å². The maximum atomic E-state index is 13.0. The highest BCUT2D eigenvalue weighted by Crippen LogP contribution is 2.20. The first-order valence-corrected chi connectivity index (χ1v) is 8.85. The van der Waals surface area contributed by atoms with Gasteiger partial charge in [-0.1, -0.05) is 11.6 Å². The molecule has 0 spiro atoms. The topological polar surface area (TPSA) is 97.3 Å². The zero-order valence-electron chi connectivity index (χ0n) is 15.5. The molecule has 0 saturated carbocycles. The molecule has 2 aromatic heterocycles. The largest absolute Gasteiger partial charge is 0.395 e. The molecule has 0 bridgehead atoms. The second-order valence-corrected chi connectivity index (χ2v) is 6.74. The van der Waals surface area contributed by atoms with Gasteiger partial charge in [-0.15, -0.1) is 0 Å². The number of aromatic nitrogens is 4. The van der Waals surface area contributed by atoms with Gasteiger partial charge in [0.25, 0.3) is 5.56 Å². The Bertz CT molecular complexity index is 942. The van der Waals surface area contributed by atoms with E-state index < -0.39 is 11.2 Å². The molecule has 142 valence electrons. The molecule has 2 N–H and O–H groups in total. The Morgan fingerprint density at radius 2 is 1.92 bits per heavy atom. The summed E-state index contributed by atoms with van der Waals surface area (Å²) in [4.78, 5) is 32.3. The van der Waals surface area contributed by atoms with Gasteiger partial charge in [-0.05, 0) is 13.8 Å². The molecule has 0 atom stereocenters. The highest BCUT2D eigenvalue weighted by molar-refractivity contribution is 5.74. The van der Waals surface area contributed by atoms with Gasteiger partial charge in [-0.3, -0.25) is 13.9 Å². The highest BCUT2D eigenvalue weighted by Gasteiger charge is 2.23. The zero-order chi connectivity index (χ0) is 18.8. The monoisotopic (exact) mass is 362 g/mol. The molecule has 2 aromatic rings. The lowest BCUT2D eigenvalue weighted by Gasteiger charge is -2.28. The molecule has 3 heterocycles. The summed E-state index contributed by atoms with van der Waals surface area (Å²) in [6.07, 6.45) is 2.04. The van der Waals surface area contributed by atoms with Crippen molar-refractivity contribution < 1.29 is 5.11 Å². The maximum Gasteiger partial charge on any atom is 0.332 e. The van der Waals surface area contributed by atoms with Crippen molar-refractivity contribution in [2.24, 2.45) is 7.05 Å². The lowest BCUT2D eigenvalue weighted by molar-refractivity contribution is 0.271. The number of hydrogen-bond acceptors (Lipinski definition) is 6. The number of piperazine rings is 1. The molecule has 1 saturated heterocycles. The van der Waals surface area contributed by atoms with Crippen LogP contribution in [0.15, 0.2) is 21.2 Å². The first kappa shape index (κ1) is 18.4. The second kappa shape index (κ2) is 7.46. The molecule has 26 heavy (non-hydrogen) atoms. The van der Waals surface area contributed by atoms with Crippen LogP contribution in [-0.4, -0.2) is 56.6 Å². The third-order valence-electron chi connectivity index (χ3n) is 4.62. The van der Waals surface area contributed by atoms with Crippen LogP contribution in [0.1, 0.15) is 13.8 Å². The average molecular weight is 362 g/mol. The van der Waals surface area contributed by atoms with E-state index in [9.17, 15) is 14.7 Å². The Balaban J connectivity index is 2.29. The zero-order valence-corrected chi connectivity index (χ0v) is 15.5. The van der Waals surface area contributed by atoms with Gasteiger partial charge in [-0.25, -0.2) is 4.79 Å². The minimum atomic E-state index is -0.463. The quantitative estimate of drug-likeness (QED) is 0.681. The van der Waals surface area contributed by atoms with Gasteiger partial charge in [0.1, 0.15) is 0 Å². The van der Waals surface area contributed by atoms with Crippen LogP contribution >= 0.6 is 0 Å². The Kier molecular flexibility index (Phi) is 5.28. The number of aryl methyl sites for hydroxylation is 1. The van der Waals surface area contributed by atoms with Crippen molar-refractivity contribution in [1.82, 2.24) is 24.0 Å². The van der Waals surface area contributed by atoms with Gasteiger partial charge in [0.2, 0.25) is 5.95 Å². The van der Waals surface area contributed by atoms with E-state index in [1.807, 2.05) is 24.5 Å². The molecule has 0 aliphatic carbocycles. The molecule has 0 radical (unpaired) electrons. The summed E-state index contributed by atoms with van der Waals surface area (Å²) in [7, 11) is 1.61. The first-order chi connectivity index (χ1) is 12.5. The molecular formula is C17H26N6O3. The van der Waals surface area contributed by atoms with E-state index in [1.165, 1.54) is 4.57 Å². The van der Waals surface area contributed by atoms with Gasteiger partial charge in [0.15, 0.2) is 11.2 Å². The number of nitrogens with one attached hydrogen (secondary N) is 1. The third-order valence-corrected chi connectivity index (χ3v) is 4.62. The van der Waals surface area contributed by atoms with Crippen molar-refractivity contribution >= 4 is 17.1 Å². The van der Waals surface area contributed by atoms with Crippen LogP contribution in [0, 0.1) is 0 Å². The maximum absolute atomic E-state index is 13.0. The van der Waals surface area contributed by atoms with Crippen LogP contribution in [0.5, 0.6) is 0 Å². The summed E-state index contributed by atoms with van der Waals surface area (Å²) in [5, 5.41) is 12.5. The number of fused-ring (bicyclic) bond motifs is 1. The van der Waals surface area contributed by atoms with Crippen molar-refractivity contribution in [3.8, 4) is 0 Å².